The smallest absolute Gasteiger partial charge is 0.272 e. The molecule has 0 fully saturated rings. The first-order chi connectivity index (χ1) is 12.9. The molecular formula is C17H15N7O3. The first-order valence-electron chi connectivity index (χ1n) is 8.10. The van der Waals surface area contributed by atoms with Gasteiger partial charge in [-0.2, -0.15) is 4.98 Å². The van der Waals surface area contributed by atoms with E-state index >= 15 is 0 Å². The van der Waals surface area contributed by atoms with Gasteiger partial charge in [0.2, 0.25) is 5.95 Å². The lowest BCUT2D eigenvalue weighted by molar-refractivity contribution is -0.385. The minimum atomic E-state index is -0.407. The first-order valence-corrected chi connectivity index (χ1v) is 8.10. The average molecular weight is 365 g/mol. The van der Waals surface area contributed by atoms with Gasteiger partial charge in [-0.15, -0.1) is 5.10 Å². The number of fused-ring (bicyclic) bond motifs is 1. The minimum Gasteiger partial charge on any atom is -0.460 e. The molecule has 4 aromatic rings. The van der Waals surface area contributed by atoms with Gasteiger partial charge in [0.15, 0.2) is 16.9 Å². The number of anilines is 1. The molecule has 0 radical (unpaired) electrons. The number of benzene rings is 1. The summed E-state index contributed by atoms with van der Waals surface area (Å²) in [4.78, 5) is 19.2. The molecule has 1 aromatic carbocycles. The number of nitrogen functional groups attached to an aromatic ring is 1. The number of rotatable bonds is 4. The molecule has 0 amide bonds. The fourth-order valence-electron chi connectivity index (χ4n) is 2.91. The zero-order valence-corrected chi connectivity index (χ0v) is 14.6. The summed E-state index contributed by atoms with van der Waals surface area (Å²) in [7, 11) is 0. The quantitative estimate of drug-likeness (QED) is 0.430. The van der Waals surface area contributed by atoms with Crippen molar-refractivity contribution in [2.75, 3.05) is 5.73 Å². The van der Waals surface area contributed by atoms with Crippen LogP contribution in [0.5, 0.6) is 0 Å². The van der Waals surface area contributed by atoms with Crippen LogP contribution in [0.15, 0.2) is 34.7 Å². The normalized spacial score (nSPS) is 11.2. The van der Waals surface area contributed by atoms with Crippen molar-refractivity contribution >= 4 is 22.8 Å². The van der Waals surface area contributed by atoms with E-state index in [1.807, 2.05) is 13.0 Å². The van der Waals surface area contributed by atoms with E-state index in [1.165, 1.54) is 6.07 Å². The maximum Gasteiger partial charge on any atom is 0.272 e. The molecule has 0 aliphatic carbocycles. The van der Waals surface area contributed by atoms with Crippen molar-refractivity contribution in [1.29, 1.82) is 0 Å². The molecule has 2 N–H and O–H groups in total. The molecule has 3 aromatic heterocycles. The summed E-state index contributed by atoms with van der Waals surface area (Å²) in [5.74, 6) is 1.31. The Labute approximate surface area is 152 Å². The Kier molecular flexibility index (Phi) is 3.80. The maximum atomic E-state index is 11.2. The molecule has 0 unspecified atom stereocenters. The lowest BCUT2D eigenvalue weighted by Crippen LogP contribution is -2.07. The van der Waals surface area contributed by atoms with E-state index in [1.54, 1.807) is 29.8 Å². The highest BCUT2D eigenvalue weighted by Crippen LogP contribution is 2.28. The number of nitrogens with two attached hydrogens (primary N) is 1. The van der Waals surface area contributed by atoms with Crippen molar-refractivity contribution in [2.24, 2.45) is 0 Å². The predicted octanol–water partition coefficient (Wildman–Crippen LogP) is 2.64. The second-order valence-corrected chi connectivity index (χ2v) is 6.08. The Morgan fingerprint density at radius 3 is 2.74 bits per heavy atom. The average Bonchev–Trinajstić information content (AvgIpc) is 3.22. The first kappa shape index (κ1) is 16.6. The van der Waals surface area contributed by atoms with Crippen molar-refractivity contribution in [3.05, 3.63) is 57.3 Å². The van der Waals surface area contributed by atoms with Crippen molar-refractivity contribution in [3.8, 4) is 11.5 Å². The Morgan fingerprint density at radius 2 is 2.04 bits per heavy atom. The van der Waals surface area contributed by atoms with Crippen LogP contribution in [0.25, 0.3) is 22.6 Å². The topological polar surface area (TPSA) is 139 Å². The van der Waals surface area contributed by atoms with E-state index in [0.29, 0.717) is 28.2 Å². The predicted molar refractivity (Wildman–Crippen MR) is 96.9 cm³/mol. The van der Waals surface area contributed by atoms with E-state index in [9.17, 15) is 10.1 Å². The molecule has 0 aliphatic heterocycles. The van der Waals surface area contributed by atoms with Gasteiger partial charge in [0.1, 0.15) is 11.5 Å². The number of furan rings is 1. The van der Waals surface area contributed by atoms with Crippen LogP contribution in [0.2, 0.25) is 0 Å². The molecule has 0 saturated carbocycles. The second-order valence-electron chi connectivity index (χ2n) is 6.08. The third kappa shape index (κ3) is 2.86. The summed E-state index contributed by atoms with van der Waals surface area (Å²) in [5, 5.41) is 19.5. The van der Waals surface area contributed by atoms with Crippen LogP contribution in [0.4, 0.5) is 11.6 Å². The molecule has 0 aliphatic rings. The summed E-state index contributed by atoms with van der Waals surface area (Å²) in [5.41, 5.74) is 8.55. The van der Waals surface area contributed by atoms with Gasteiger partial charge in [-0.05, 0) is 31.5 Å². The SMILES string of the molecule is Cc1ccc(-c2nc(N)nc3c2nnn3Cc2cccc([N+](=O)[O-])c2C)o1. The Morgan fingerprint density at radius 1 is 1.22 bits per heavy atom. The van der Waals surface area contributed by atoms with E-state index in [2.05, 4.69) is 20.3 Å². The van der Waals surface area contributed by atoms with E-state index < -0.39 is 4.92 Å². The molecule has 136 valence electrons. The molecule has 0 saturated heterocycles. The molecule has 10 heteroatoms. The van der Waals surface area contributed by atoms with E-state index in [4.69, 9.17) is 10.2 Å². The van der Waals surface area contributed by atoms with Gasteiger partial charge in [0, 0.05) is 11.6 Å². The van der Waals surface area contributed by atoms with Crippen molar-refractivity contribution in [3.63, 3.8) is 0 Å². The van der Waals surface area contributed by atoms with E-state index in [-0.39, 0.29) is 18.2 Å². The molecule has 27 heavy (non-hydrogen) atoms. The molecule has 0 bridgehead atoms. The third-order valence-electron chi connectivity index (χ3n) is 4.29. The highest BCUT2D eigenvalue weighted by molar-refractivity contribution is 5.86. The van der Waals surface area contributed by atoms with Crippen LogP contribution >= 0.6 is 0 Å². The largest absolute Gasteiger partial charge is 0.460 e. The van der Waals surface area contributed by atoms with Gasteiger partial charge >= 0.3 is 0 Å². The number of aryl methyl sites for hydroxylation is 1. The highest BCUT2D eigenvalue weighted by atomic mass is 16.6. The van der Waals surface area contributed by atoms with Crippen LogP contribution in [0, 0.1) is 24.0 Å². The number of aromatic nitrogens is 5. The zero-order chi connectivity index (χ0) is 19.1. The van der Waals surface area contributed by atoms with Gasteiger partial charge in [-0.25, -0.2) is 9.67 Å². The second kappa shape index (κ2) is 6.16. The van der Waals surface area contributed by atoms with Gasteiger partial charge in [0.25, 0.3) is 5.69 Å². The van der Waals surface area contributed by atoms with Crippen LogP contribution in [-0.4, -0.2) is 29.9 Å². The van der Waals surface area contributed by atoms with Gasteiger partial charge in [-0.1, -0.05) is 17.3 Å². The van der Waals surface area contributed by atoms with Gasteiger partial charge in [0.05, 0.1) is 11.5 Å². The third-order valence-corrected chi connectivity index (χ3v) is 4.29. The van der Waals surface area contributed by atoms with Crippen LogP contribution in [0.3, 0.4) is 0 Å². The fourth-order valence-corrected chi connectivity index (χ4v) is 2.91. The van der Waals surface area contributed by atoms with E-state index in [0.717, 1.165) is 11.3 Å². The summed E-state index contributed by atoms with van der Waals surface area (Å²) in [6, 6.07) is 8.50. The molecule has 0 atom stereocenters. The molecule has 4 rings (SSSR count). The number of nitrogens with zero attached hydrogens (tertiary/aromatic N) is 6. The summed E-state index contributed by atoms with van der Waals surface area (Å²) in [6.07, 6.45) is 0. The minimum absolute atomic E-state index is 0.0535. The summed E-state index contributed by atoms with van der Waals surface area (Å²) >= 11 is 0. The highest BCUT2D eigenvalue weighted by Gasteiger charge is 2.19. The molecule has 3 heterocycles. The van der Waals surface area contributed by atoms with Crippen LogP contribution in [-0.2, 0) is 6.54 Å². The Hall–Kier alpha value is -3.82. The number of hydrogen-bond acceptors (Lipinski definition) is 8. The zero-order valence-electron chi connectivity index (χ0n) is 14.6. The summed E-state index contributed by atoms with van der Waals surface area (Å²) in [6.45, 7) is 3.79. The standard InChI is InChI=1S/C17H15N7O3/c1-9-6-7-13(27-9)14-15-16(20-17(18)19-14)23(22-21-15)8-11-4-3-5-12(10(11)2)24(25)26/h3-7H,8H2,1-2H3,(H2,18,19,20). The van der Waals surface area contributed by atoms with Crippen LogP contribution < -0.4 is 5.73 Å². The maximum absolute atomic E-state index is 11.2. The molecule has 10 nitrogen and oxygen atoms in total. The number of nitro benzene ring substituents is 1. The number of nitro groups is 1. The van der Waals surface area contributed by atoms with Crippen molar-refractivity contribution in [2.45, 2.75) is 20.4 Å². The monoisotopic (exact) mass is 365 g/mol. The fraction of sp³-hybridized carbons (Fsp3) is 0.176. The lowest BCUT2D eigenvalue weighted by atomic mass is 10.1. The Bertz CT molecular complexity index is 1180. The number of hydrogen-bond donors (Lipinski definition) is 1. The van der Waals surface area contributed by atoms with Gasteiger partial charge < -0.3 is 10.2 Å². The molecular weight excluding hydrogens is 350 g/mol. The lowest BCUT2D eigenvalue weighted by Gasteiger charge is -2.07. The van der Waals surface area contributed by atoms with Crippen molar-refractivity contribution < 1.29 is 9.34 Å². The van der Waals surface area contributed by atoms with Gasteiger partial charge in [-0.3, -0.25) is 10.1 Å². The molecule has 0 spiro atoms. The van der Waals surface area contributed by atoms with Crippen molar-refractivity contribution in [1.82, 2.24) is 25.0 Å². The summed E-state index contributed by atoms with van der Waals surface area (Å²) < 4.78 is 7.16. The van der Waals surface area contributed by atoms with Crippen LogP contribution in [0.1, 0.15) is 16.9 Å². The Balaban J connectivity index is 1.82.